The fourth-order valence-corrected chi connectivity index (χ4v) is 2.28. The standard InChI is InChI=1S/C13H10BrClN2O2/c1-7-4-9(14)12(5-10(7)15)17-11-2-3-16-6-8(11)13(18)19/h2-6H,1H3,(H,16,17)(H,18,19). The van der Waals surface area contributed by atoms with E-state index in [9.17, 15) is 4.79 Å². The minimum atomic E-state index is -1.04. The lowest BCUT2D eigenvalue weighted by Crippen LogP contribution is -2.03. The Morgan fingerprint density at radius 1 is 1.42 bits per heavy atom. The fraction of sp³-hybridized carbons (Fsp3) is 0.0769. The van der Waals surface area contributed by atoms with Gasteiger partial charge in [-0.05, 0) is 46.6 Å². The Morgan fingerprint density at radius 3 is 2.84 bits per heavy atom. The van der Waals surface area contributed by atoms with Gasteiger partial charge in [0.1, 0.15) is 5.56 Å². The van der Waals surface area contributed by atoms with Crippen LogP contribution in [0, 0.1) is 6.92 Å². The predicted molar refractivity (Wildman–Crippen MR) is 78.4 cm³/mol. The number of hydrogen-bond acceptors (Lipinski definition) is 3. The second-order valence-corrected chi connectivity index (χ2v) is 5.19. The molecule has 6 heteroatoms. The van der Waals surface area contributed by atoms with Crippen LogP contribution in [0.25, 0.3) is 0 Å². The molecule has 0 aliphatic carbocycles. The summed E-state index contributed by atoms with van der Waals surface area (Å²) in [5.74, 6) is -1.04. The molecule has 1 aromatic carbocycles. The van der Waals surface area contributed by atoms with Gasteiger partial charge < -0.3 is 10.4 Å². The Balaban J connectivity index is 2.42. The number of carboxylic acids is 1. The first-order valence-corrected chi connectivity index (χ1v) is 6.56. The van der Waals surface area contributed by atoms with Crippen LogP contribution in [0.15, 0.2) is 35.1 Å². The van der Waals surface area contributed by atoms with E-state index in [0.29, 0.717) is 16.4 Å². The highest BCUT2D eigenvalue weighted by Gasteiger charge is 2.12. The summed E-state index contributed by atoms with van der Waals surface area (Å²) >= 11 is 9.48. The summed E-state index contributed by atoms with van der Waals surface area (Å²) in [5, 5.41) is 12.7. The molecule has 1 heterocycles. The molecule has 98 valence electrons. The summed E-state index contributed by atoms with van der Waals surface area (Å²) in [4.78, 5) is 14.9. The molecule has 0 aliphatic heterocycles. The number of hydrogen-bond donors (Lipinski definition) is 2. The van der Waals surface area contributed by atoms with Crippen LogP contribution in [0.1, 0.15) is 15.9 Å². The van der Waals surface area contributed by atoms with Crippen LogP contribution < -0.4 is 5.32 Å². The number of carbonyl (C=O) groups is 1. The third-order valence-corrected chi connectivity index (χ3v) is 3.63. The second kappa shape index (κ2) is 5.59. The van der Waals surface area contributed by atoms with Gasteiger partial charge in [-0.25, -0.2) is 4.79 Å². The molecule has 0 saturated heterocycles. The molecule has 0 bridgehead atoms. The van der Waals surface area contributed by atoms with Crippen molar-refractivity contribution >= 4 is 44.9 Å². The monoisotopic (exact) mass is 340 g/mol. The predicted octanol–water partition coefficient (Wildman–Crippen LogP) is 4.25. The number of anilines is 2. The van der Waals surface area contributed by atoms with E-state index in [2.05, 4.69) is 26.2 Å². The number of carboxylic acid groups (broad SMARTS) is 1. The number of aromatic nitrogens is 1. The minimum absolute atomic E-state index is 0.103. The Hall–Kier alpha value is -1.59. The summed E-state index contributed by atoms with van der Waals surface area (Å²) in [6, 6.07) is 5.21. The van der Waals surface area contributed by atoms with Gasteiger partial charge in [0.05, 0.1) is 11.4 Å². The number of aryl methyl sites for hydroxylation is 1. The Labute approximate surface area is 123 Å². The number of aromatic carboxylic acids is 1. The molecule has 0 saturated carbocycles. The van der Waals surface area contributed by atoms with Crippen molar-refractivity contribution in [2.24, 2.45) is 0 Å². The molecule has 19 heavy (non-hydrogen) atoms. The Morgan fingerprint density at radius 2 is 2.16 bits per heavy atom. The lowest BCUT2D eigenvalue weighted by atomic mass is 10.2. The molecule has 2 N–H and O–H groups in total. The summed E-state index contributed by atoms with van der Waals surface area (Å²) in [7, 11) is 0. The highest BCUT2D eigenvalue weighted by molar-refractivity contribution is 9.10. The first-order valence-electron chi connectivity index (χ1n) is 5.39. The average Bonchev–Trinajstić information content (AvgIpc) is 2.36. The van der Waals surface area contributed by atoms with E-state index in [4.69, 9.17) is 16.7 Å². The normalized spacial score (nSPS) is 10.3. The minimum Gasteiger partial charge on any atom is -0.478 e. The summed E-state index contributed by atoms with van der Waals surface area (Å²) < 4.78 is 0.808. The molecular weight excluding hydrogens is 332 g/mol. The van der Waals surface area contributed by atoms with Crippen LogP contribution in [0.4, 0.5) is 11.4 Å². The number of benzene rings is 1. The van der Waals surface area contributed by atoms with Gasteiger partial charge in [0.2, 0.25) is 0 Å². The van der Waals surface area contributed by atoms with Gasteiger partial charge in [-0.1, -0.05) is 11.6 Å². The van der Waals surface area contributed by atoms with Crippen molar-refractivity contribution in [1.29, 1.82) is 0 Å². The van der Waals surface area contributed by atoms with E-state index >= 15 is 0 Å². The molecule has 2 aromatic rings. The highest BCUT2D eigenvalue weighted by atomic mass is 79.9. The molecule has 0 unspecified atom stereocenters. The maximum Gasteiger partial charge on any atom is 0.339 e. The van der Waals surface area contributed by atoms with E-state index in [1.54, 1.807) is 12.1 Å². The van der Waals surface area contributed by atoms with Crippen LogP contribution in [0.2, 0.25) is 5.02 Å². The van der Waals surface area contributed by atoms with Gasteiger partial charge in [0.25, 0.3) is 0 Å². The molecule has 0 aliphatic rings. The lowest BCUT2D eigenvalue weighted by molar-refractivity contribution is 0.0697. The van der Waals surface area contributed by atoms with Gasteiger partial charge in [0, 0.05) is 21.9 Å². The van der Waals surface area contributed by atoms with E-state index in [1.807, 2.05) is 13.0 Å². The number of rotatable bonds is 3. The first kappa shape index (κ1) is 13.8. The number of nitrogens with one attached hydrogen (secondary N) is 1. The summed E-state index contributed by atoms with van der Waals surface area (Å²) in [5.41, 5.74) is 2.20. The van der Waals surface area contributed by atoms with Crippen LogP contribution in [-0.4, -0.2) is 16.1 Å². The number of nitrogens with zero attached hydrogens (tertiary/aromatic N) is 1. The number of halogens is 2. The number of pyridine rings is 1. The molecule has 0 fully saturated rings. The third-order valence-electron chi connectivity index (χ3n) is 2.57. The summed E-state index contributed by atoms with van der Waals surface area (Å²) in [6.45, 7) is 1.89. The van der Waals surface area contributed by atoms with E-state index in [1.165, 1.54) is 12.4 Å². The third kappa shape index (κ3) is 3.05. The van der Waals surface area contributed by atoms with Crippen molar-refractivity contribution in [3.63, 3.8) is 0 Å². The van der Waals surface area contributed by atoms with Crippen molar-refractivity contribution in [3.8, 4) is 0 Å². The average molecular weight is 342 g/mol. The van der Waals surface area contributed by atoms with Crippen molar-refractivity contribution in [2.45, 2.75) is 6.92 Å². The van der Waals surface area contributed by atoms with Crippen LogP contribution in [-0.2, 0) is 0 Å². The first-order chi connectivity index (χ1) is 8.99. The molecule has 0 spiro atoms. The van der Waals surface area contributed by atoms with Gasteiger partial charge in [-0.2, -0.15) is 0 Å². The van der Waals surface area contributed by atoms with E-state index < -0.39 is 5.97 Å². The van der Waals surface area contributed by atoms with Gasteiger partial charge >= 0.3 is 5.97 Å². The van der Waals surface area contributed by atoms with Crippen molar-refractivity contribution < 1.29 is 9.90 Å². The largest absolute Gasteiger partial charge is 0.478 e. The SMILES string of the molecule is Cc1cc(Br)c(Nc2ccncc2C(=O)O)cc1Cl. The molecule has 2 rings (SSSR count). The topological polar surface area (TPSA) is 62.2 Å². The molecular formula is C13H10BrClN2O2. The molecule has 4 nitrogen and oxygen atoms in total. The van der Waals surface area contributed by atoms with Crippen LogP contribution >= 0.6 is 27.5 Å². The van der Waals surface area contributed by atoms with Crippen molar-refractivity contribution in [2.75, 3.05) is 5.32 Å². The Kier molecular flexibility index (Phi) is 4.07. The van der Waals surface area contributed by atoms with Crippen molar-refractivity contribution in [1.82, 2.24) is 4.98 Å². The van der Waals surface area contributed by atoms with E-state index in [-0.39, 0.29) is 5.56 Å². The highest BCUT2D eigenvalue weighted by Crippen LogP contribution is 2.32. The van der Waals surface area contributed by atoms with Gasteiger partial charge in [-0.3, -0.25) is 4.98 Å². The zero-order valence-corrected chi connectivity index (χ0v) is 12.3. The molecule has 0 atom stereocenters. The zero-order chi connectivity index (χ0) is 14.0. The Bertz CT molecular complexity index is 647. The lowest BCUT2D eigenvalue weighted by Gasteiger charge is -2.12. The molecule has 0 radical (unpaired) electrons. The second-order valence-electron chi connectivity index (χ2n) is 3.93. The quantitative estimate of drug-likeness (QED) is 0.876. The van der Waals surface area contributed by atoms with Crippen molar-refractivity contribution in [3.05, 3.63) is 51.2 Å². The smallest absolute Gasteiger partial charge is 0.339 e. The van der Waals surface area contributed by atoms with Gasteiger partial charge in [0.15, 0.2) is 0 Å². The molecule has 1 aromatic heterocycles. The maximum absolute atomic E-state index is 11.1. The van der Waals surface area contributed by atoms with Gasteiger partial charge in [-0.15, -0.1) is 0 Å². The van der Waals surface area contributed by atoms with E-state index in [0.717, 1.165) is 10.0 Å². The summed E-state index contributed by atoms with van der Waals surface area (Å²) in [6.07, 6.45) is 2.83. The van der Waals surface area contributed by atoms with Crippen LogP contribution in [0.3, 0.4) is 0 Å². The maximum atomic E-state index is 11.1. The molecule has 0 amide bonds. The van der Waals surface area contributed by atoms with Crippen LogP contribution in [0.5, 0.6) is 0 Å². The zero-order valence-electron chi connectivity index (χ0n) is 9.95. The fourth-order valence-electron chi connectivity index (χ4n) is 1.56.